The van der Waals surface area contributed by atoms with Gasteiger partial charge in [0.25, 0.3) is 0 Å². The number of nitrogens with zero attached hydrogens (tertiary/aromatic N) is 1. The van der Waals surface area contributed by atoms with Crippen LogP contribution in [0.2, 0.25) is 0 Å². The van der Waals surface area contributed by atoms with Gasteiger partial charge in [-0.25, -0.2) is 4.39 Å². The summed E-state index contributed by atoms with van der Waals surface area (Å²) in [5.41, 5.74) is -4.10. The third-order valence-corrected chi connectivity index (χ3v) is 8.65. The first-order valence-electron chi connectivity index (χ1n) is 13.1. The molecular formula is C29H32F4N2O4. The molecule has 2 aromatic rings. The molecule has 0 bridgehead atoms. The molecule has 3 heterocycles. The minimum atomic E-state index is -4.79. The van der Waals surface area contributed by atoms with Gasteiger partial charge in [0.15, 0.2) is 11.1 Å². The Balaban J connectivity index is 1.38. The van der Waals surface area contributed by atoms with Gasteiger partial charge in [0.05, 0.1) is 13.2 Å². The zero-order chi connectivity index (χ0) is 27.9. The van der Waals surface area contributed by atoms with Crippen LogP contribution >= 0.6 is 0 Å². The number of piperidine rings is 2. The van der Waals surface area contributed by atoms with Crippen LogP contribution in [0.5, 0.6) is 5.75 Å². The van der Waals surface area contributed by atoms with E-state index in [4.69, 9.17) is 9.47 Å². The molecule has 39 heavy (non-hydrogen) atoms. The lowest BCUT2D eigenvalue weighted by Crippen LogP contribution is -2.58. The second-order valence-electron chi connectivity index (χ2n) is 11.1. The molecule has 3 aliphatic rings. The van der Waals surface area contributed by atoms with Gasteiger partial charge in [-0.1, -0.05) is 48.5 Å². The average Bonchev–Trinajstić information content (AvgIpc) is 2.90. The number of carbonyl (C=O) groups is 2. The number of hydrogen-bond acceptors (Lipinski definition) is 4. The van der Waals surface area contributed by atoms with E-state index in [1.807, 2.05) is 12.1 Å². The maximum atomic E-state index is 14.6. The fourth-order valence-electron chi connectivity index (χ4n) is 6.07. The maximum Gasteiger partial charge on any atom is 0.406 e. The Morgan fingerprint density at radius 2 is 1.72 bits per heavy atom. The molecule has 0 aromatic heterocycles. The summed E-state index contributed by atoms with van der Waals surface area (Å²) in [5, 5.41) is 2.91. The Hall–Kier alpha value is -3.14. The third kappa shape index (κ3) is 4.99. The number of carbonyl (C=O) groups excluding carboxylic acids is 2. The van der Waals surface area contributed by atoms with Crippen molar-refractivity contribution in [1.29, 1.82) is 0 Å². The Morgan fingerprint density at radius 3 is 2.33 bits per heavy atom. The molecule has 210 valence electrons. The van der Waals surface area contributed by atoms with Crippen molar-refractivity contribution >= 4 is 11.8 Å². The first kappa shape index (κ1) is 27.4. The standard InChI is InChI=1S/C29H32F4N2O4/c1-26(29(31,32)33,20-7-3-2-4-8-20)25(37)35-13-11-27(12-14-35)15-24(36)34-16-22(27)21-9-5-6-10-23(21)39-19-28(30)17-38-18-28/h2-10,22H,11-19H2,1H3,(H,34,36)/t22?,26-/m0/s1. The van der Waals surface area contributed by atoms with Gasteiger partial charge in [-0.3, -0.25) is 9.59 Å². The topological polar surface area (TPSA) is 67.9 Å². The van der Waals surface area contributed by atoms with E-state index in [2.05, 4.69) is 5.32 Å². The van der Waals surface area contributed by atoms with Crippen LogP contribution in [-0.4, -0.2) is 68.0 Å². The Morgan fingerprint density at radius 1 is 1.08 bits per heavy atom. The summed E-state index contributed by atoms with van der Waals surface area (Å²) in [6.07, 6.45) is -3.89. The molecule has 2 amide bonds. The summed E-state index contributed by atoms with van der Waals surface area (Å²) in [7, 11) is 0. The van der Waals surface area contributed by atoms with Crippen LogP contribution in [0.3, 0.4) is 0 Å². The number of benzene rings is 2. The van der Waals surface area contributed by atoms with E-state index in [0.717, 1.165) is 12.5 Å². The number of halogens is 4. The number of ether oxygens (including phenoxy) is 2. The zero-order valence-corrected chi connectivity index (χ0v) is 21.7. The van der Waals surface area contributed by atoms with Gasteiger partial charge < -0.3 is 19.7 Å². The van der Waals surface area contributed by atoms with Gasteiger partial charge in [-0.15, -0.1) is 0 Å². The average molecular weight is 549 g/mol. The number of nitrogens with one attached hydrogen (secondary N) is 1. The van der Waals surface area contributed by atoms with Crippen LogP contribution in [0.25, 0.3) is 0 Å². The highest BCUT2D eigenvalue weighted by molar-refractivity contribution is 5.89. The quantitative estimate of drug-likeness (QED) is 0.539. The molecule has 2 atom stereocenters. The van der Waals surface area contributed by atoms with Gasteiger partial charge in [0.1, 0.15) is 12.4 Å². The van der Waals surface area contributed by atoms with Crippen molar-refractivity contribution in [3.63, 3.8) is 0 Å². The van der Waals surface area contributed by atoms with Crippen LogP contribution < -0.4 is 10.1 Å². The molecule has 2 aromatic carbocycles. The molecule has 6 nitrogen and oxygen atoms in total. The van der Waals surface area contributed by atoms with E-state index in [0.29, 0.717) is 25.1 Å². The van der Waals surface area contributed by atoms with E-state index in [9.17, 15) is 27.2 Å². The summed E-state index contributed by atoms with van der Waals surface area (Å²) >= 11 is 0. The molecule has 3 aliphatic heterocycles. The van der Waals surface area contributed by atoms with E-state index in [1.54, 1.807) is 18.2 Å². The molecule has 1 unspecified atom stereocenters. The Bertz CT molecular complexity index is 1210. The van der Waals surface area contributed by atoms with Crippen molar-refractivity contribution in [3.8, 4) is 5.75 Å². The molecule has 3 fully saturated rings. The Labute approximate surface area is 224 Å². The van der Waals surface area contributed by atoms with Gasteiger partial charge >= 0.3 is 6.18 Å². The molecule has 10 heteroatoms. The van der Waals surface area contributed by atoms with Crippen LogP contribution in [0.4, 0.5) is 17.6 Å². The van der Waals surface area contributed by atoms with Gasteiger partial charge in [0, 0.05) is 32.0 Å². The second kappa shape index (κ2) is 10.1. The minimum absolute atomic E-state index is 0.0255. The van der Waals surface area contributed by atoms with Crippen molar-refractivity contribution in [2.24, 2.45) is 5.41 Å². The van der Waals surface area contributed by atoms with Crippen molar-refractivity contribution in [2.45, 2.75) is 49.4 Å². The zero-order valence-electron chi connectivity index (χ0n) is 21.7. The molecular weight excluding hydrogens is 516 g/mol. The smallest absolute Gasteiger partial charge is 0.406 e. The first-order valence-corrected chi connectivity index (χ1v) is 13.1. The summed E-state index contributed by atoms with van der Waals surface area (Å²) < 4.78 is 68.5. The largest absolute Gasteiger partial charge is 0.490 e. The lowest BCUT2D eigenvalue weighted by atomic mass is 9.62. The molecule has 0 aliphatic carbocycles. The number of amides is 2. The second-order valence-corrected chi connectivity index (χ2v) is 11.1. The number of hydrogen-bond donors (Lipinski definition) is 1. The SMILES string of the molecule is C[C@@](C(=O)N1CCC2(CC1)CC(=O)NCC2c1ccccc1OCC1(F)COC1)(c1ccccc1)C(F)(F)F. The van der Waals surface area contributed by atoms with Crippen molar-refractivity contribution < 1.29 is 36.6 Å². The van der Waals surface area contributed by atoms with E-state index in [-0.39, 0.29) is 56.7 Å². The number of likely N-dealkylation sites (tertiary alicyclic amines) is 1. The Kier molecular flexibility index (Phi) is 7.11. The lowest BCUT2D eigenvalue weighted by Gasteiger charge is -2.50. The molecule has 1 N–H and O–H groups in total. The fourth-order valence-corrected chi connectivity index (χ4v) is 6.07. The third-order valence-electron chi connectivity index (χ3n) is 8.65. The fraction of sp³-hybridized carbons (Fsp3) is 0.517. The van der Waals surface area contributed by atoms with Gasteiger partial charge in [-0.05, 0) is 42.4 Å². The lowest BCUT2D eigenvalue weighted by molar-refractivity contribution is -0.198. The highest BCUT2D eigenvalue weighted by atomic mass is 19.4. The number of para-hydroxylation sites is 1. The van der Waals surface area contributed by atoms with Crippen LogP contribution in [0, 0.1) is 5.41 Å². The number of alkyl halides is 4. The minimum Gasteiger partial charge on any atom is -0.490 e. The van der Waals surface area contributed by atoms with E-state index >= 15 is 0 Å². The predicted molar refractivity (Wildman–Crippen MR) is 135 cm³/mol. The summed E-state index contributed by atoms with van der Waals surface area (Å²) in [4.78, 5) is 27.3. The summed E-state index contributed by atoms with van der Waals surface area (Å²) in [6.45, 7) is 1.23. The summed E-state index contributed by atoms with van der Waals surface area (Å²) in [6, 6.07) is 14.5. The van der Waals surface area contributed by atoms with Gasteiger partial charge in [-0.2, -0.15) is 13.2 Å². The van der Waals surface area contributed by atoms with Crippen LogP contribution in [0.15, 0.2) is 54.6 Å². The first-order chi connectivity index (χ1) is 18.5. The van der Waals surface area contributed by atoms with Gasteiger partial charge in [0.2, 0.25) is 11.8 Å². The van der Waals surface area contributed by atoms with Crippen LogP contribution in [-0.2, 0) is 19.7 Å². The highest BCUT2D eigenvalue weighted by Crippen LogP contribution is 2.52. The molecule has 0 saturated carbocycles. The maximum absolute atomic E-state index is 14.6. The number of rotatable bonds is 6. The van der Waals surface area contributed by atoms with Crippen LogP contribution in [0.1, 0.15) is 43.2 Å². The predicted octanol–water partition coefficient (Wildman–Crippen LogP) is 4.54. The molecule has 1 spiro atoms. The van der Waals surface area contributed by atoms with Crippen molar-refractivity contribution in [3.05, 3.63) is 65.7 Å². The molecule has 3 saturated heterocycles. The summed E-state index contributed by atoms with van der Waals surface area (Å²) in [5.74, 6) is -0.829. The monoisotopic (exact) mass is 548 g/mol. The van der Waals surface area contributed by atoms with E-state index in [1.165, 1.54) is 29.2 Å². The van der Waals surface area contributed by atoms with E-state index < -0.39 is 28.6 Å². The molecule has 0 radical (unpaired) electrons. The van der Waals surface area contributed by atoms with Crippen molar-refractivity contribution in [2.75, 3.05) is 39.5 Å². The normalized spacial score (nSPS) is 23.9. The molecule has 5 rings (SSSR count). The highest BCUT2D eigenvalue weighted by Gasteiger charge is 2.60. The van der Waals surface area contributed by atoms with Crippen molar-refractivity contribution in [1.82, 2.24) is 10.2 Å².